The Balaban J connectivity index is -0.000000120. The van der Waals surface area contributed by atoms with E-state index in [4.69, 9.17) is 80.5 Å². The lowest BCUT2D eigenvalue weighted by Crippen LogP contribution is -2.30. The van der Waals surface area contributed by atoms with Gasteiger partial charge in [0.25, 0.3) is 27.7 Å². The van der Waals surface area contributed by atoms with Crippen molar-refractivity contribution in [2.75, 3.05) is 28.4 Å². The maximum atomic E-state index is 11.1. The van der Waals surface area contributed by atoms with Gasteiger partial charge in [-0.3, -0.25) is 30.0 Å². The summed E-state index contributed by atoms with van der Waals surface area (Å²) in [5.41, 5.74) is 1.02. The number of methoxy groups -OCH3 is 3. The van der Waals surface area contributed by atoms with E-state index in [0.717, 1.165) is 33.4 Å². The highest BCUT2D eigenvalue weighted by molar-refractivity contribution is 8.31. The van der Waals surface area contributed by atoms with Crippen molar-refractivity contribution in [3.05, 3.63) is 29.8 Å². The quantitative estimate of drug-likeness (QED) is 0.0446. The second kappa shape index (κ2) is 34.2. The molecular formula is C24H35Cl6N3O16S2. The van der Waals surface area contributed by atoms with Crippen LogP contribution >= 0.6 is 67.8 Å². The number of sulfonamides is 1. The second-order valence-corrected chi connectivity index (χ2v) is 15.0. The summed E-state index contributed by atoms with van der Waals surface area (Å²) in [4.78, 5) is 72.3. The molecule has 0 aliphatic rings. The highest BCUT2D eigenvalue weighted by Gasteiger charge is 2.21. The molecule has 0 aromatic heterocycles. The summed E-state index contributed by atoms with van der Waals surface area (Å²) < 4.78 is 52.8. The number of carboxylic acids is 2. The Hall–Kier alpha value is -2.86. The molecule has 1 aromatic carbocycles. The SMILES string of the molecule is CC(=O)O.CC(=O)O.CN=C(C(=O)OC)C(Cl)Cl.COC(=O)C(=O)C(Cl)Cl.COC(=O)C(C)=O.Cc1ccc(S(=O)(=O)NN)cc1.O=S(=O)(Cl)Cl. The maximum Gasteiger partial charge on any atom is 0.377 e. The predicted octanol–water partition coefficient (Wildman–Crippen LogP) is 2.35. The molecule has 0 aliphatic carbocycles. The molecule has 0 radical (unpaired) electrons. The predicted molar refractivity (Wildman–Crippen MR) is 189 cm³/mol. The fraction of sp³-hybridized carbons (Fsp3) is 0.417. The largest absolute Gasteiger partial charge is 0.481 e. The lowest BCUT2D eigenvalue weighted by Gasteiger charge is -2.01. The number of nitrogens with zero attached hydrogens (tertiary/aromatic N) is 1. The molecule has 19 nitrogen and oxygen atoms in total. The van der Waals surface area contributed by atoms with Crippen LogP contribution in [0, 0.1) is 6.92 Å². The van der Waals surface area contributed by atoms with Gasteiger partial charge in [-0.1, -0.05) is 64.1 Å². The van der Waals surface area contributed by atoms with E-state index in [9.17, 15) is 32.4 Å². The summed E-state index contributed by atoms with van der Waals surface area (Å²) in [5.74, 6) is -0.753. The number of ketones is 2. The first-order valence-electron chi connectivity index (χ1n) is 12.1. The number of esters is 3. The first kappa shape index (κ1) is 60.2. The van der Waals surface area contributed by atoms with Gasteiger partial charge in [-0.25, -0.2) is 22.8 Å². The summed E-state index contributed by atoms with van der Waals surface area (Å²) in [6.07, 6.45) is 0. The Morgan fingerprint density at radius 3 is 1.18 bits per heavy atom. The summed E-state index contributed by atoms with van der Waals surface area (Å²) in [7, 11) is 6.24. The number of hydrogen-bond donors (Lipinski definition) is 4. The molecule has 0 spiro atoms. The molecule has 0 saturated heterocycles. The molecule has 0 unspecified atom stereocenters. The van der Waals surface area contributed by atoms with Crippen molar-refractivity contribution in [2.45, 2.75) is 42.3 Å². The molecule has 0 amide bonds. The number of carbonyl (C=O) groups excluding carboxylic acids is 5. The number of alkyl halides is 4. The number of aryl methyl sites for hydroxylation is 1. The standard InChI is InChI=1S/C7H10N2O2S.C5H7Cl2NO2.C4H4Cl2O3.C4H6O3.2C2H4O2.Cl2O2S/c1-6-2-4-7(5-3-6)12(10,11)9-8;1-8-3(4(6)7)5(9)10-2;1-9-4(8)2(7)3(5)6;1-3(5)4(6)7-2;2*1-2(3)4;1-5(2,3)4/h2-5,9H,8H2,1H3;4H,1-2H3;3H,1H3;1-2H3;2*1H3,(H,3,4);. The van der Waals surface area contributed by atoms with Crippen molar-refractivity contribution in [1.82, 2.24) is 4.83 Å². The third-order valence-electron chi connectivity index (χ3n) is 3.39. The van der Waals surface area contributed by atoms with Gasteiger partial charge < -0.3 is 24.4 Å². The molecule has 1 rings (SSSR count). The average Bonchev–Trinajstić information content (AvgIpc) is 2.99. The van der Waals surface area contributed by atoms with E-state index in [0.29, 0.717) is 0 Å². The van der Waals surface area contributed by atoms with Crippen LogP contribution in [0.4, 0.5) is 0 Å². The number of nitrogens with two attached hydrogens (primary N) is 1. The third kappa shape index (κ3) is 49.3. The molecule has 0 saturated carbocycles. The molecule has 0 heterocycles. The van der Waals surface area contributed by atoms with Gasteiger partial charge in [0.2, 0.25) is 5.78 Å². The molecule has 27 heteroatoms. The third-order valence-corrected chi connectivity index (χ3v) is 5.40. The van der Waals surface area contributed by atoms with Crippen LogP contribution in [0.5, 0.6) is 0 Å². The fourth-order valence-electron chi connectivity index (χ4n) is 1.50. The smallest absolute Gasteiger partial charge is 0.377 e. The highest BCUT2D eigenvalue weighted by atomic mass is 36.0. The molecule has 0 bridgehead atoms. The monoisotopic (exact) mass is 895 g/mol. The normalized spacial score (nSPS) is 9.86. The van der Waals surface area contributed by atoms with Crippen LogP contribution in [0.25, 0.3) is 0 Å². The Labute approximate surface area is 322 Å². The number of rotatable bonds is 7. The summed E-state index contributed by atoms with van der Waals surface area (Å²) >= 11 is 20.7. The Kier molecular flexibility index (Phi) is 40.4. The molecule has 0 fully saturated rings. The van der Waals surface area contributed by atoms with E-state index < -0.39 is 69.4 Å². The maximum absolute atomic E-state index is 11.1. The first-order chi connectivity index (χ1) is 22.9. The molecule has 0 aliphatic heterocycles. The van der Waals surface area contributed by atoms with Crippen LogP contribution in [-0.2, 0) is 66.1 Å². The van der Waals surface area contributed by atoms with Crippen molar-refractivity contribution >= 4 is 133 Å². The number of aliphatic imine (C=N–C) groups is 1. The van der Waals surface area contributed by atoms with E-state index >= 15 is 0 Å². The Morgan fingerprint density at radius 1 is 0.725 bits per heavy atom. The number of Topliss-reactive ketones (excluding diaryl/α,β-unsaturated/α-hetero) is 2. The summed E-state index contributed by atoms with van der Waals surface area (Å²) in [5, 5.41) is 14.8. The van der Waals surface area contributed by atoms with E-state index in [-0.39, 0.29) is 10.6 Å². The number of carbonyl (C=O) groups is 7. The van der Waals surface area contributed by atoms with Crippen LogP contribution in [0.1, 0.15) is 26.3 Å². The molecule has 1 aromatic rings. The average molecular weight is 898 g/mol. The van der Waals surface area contributed by atoms with Gasteiger partial charge in [-0.2, -0.15) is 13.2 Å². The molecule has 5 N–H and O–H groups in total. The molecule has 0 atom stereocenters. The van der Waals surface area contributed by atoms with Crippen LogP contribution < -0.4 is 10.7 Å². The van der Waals surface area contributed by atoms with E-state index in [2.05, 4.69) is 40.6 Å². The van der Waals surface area contributed by atoms with Gasteiger partial charge in [0, 0.05) is 49.2 Å². The topological polar surface area (TPSA) is 306 Å². The molecule has 51 heavy (non-hydrogen) atoms. The van der Waals surface area contributed by atoms with Gasteiger partial charge >= 0.3 is 26.2 Å². The molecule has 296 valence electrons. The summed E-state index contributed by atoms with van der Waals surface area (Å²) in [6.45, 7) is 5.21. The van der Waals surface area contributed by atoms with Crippen LogP contribution in [-0.4, -0.2) is 112 Å². The number of aliphatic carboxylic acids is 2. The lowest BCUT2D eigenvalue weighted by atomic mass is 10.2. The van der Waals surface area contributed by atoms with Crippen molar-refractivity contribution in [3.63, 3.8) is 0 Å². The minimum Gasteiger partial charge on any atom is -0.481 e. The minimum atomic E-state index is -3.72. The zero-order valence-corrected chi connectivity index (χ0v) is 33.9. The first-order valence-corrected chi connectivity index (χ1v) is 18.4. The van der Waals surface area contributed by atoms with Crippen LogP contribution in [0.3, 0.4) is 0 Å². The molecular weight excluding hydrogens is 863 g/mol. The number of hydrogen-bond acceptors (Lipinski definition) is 16. The zero-order valence-electron chi connectivity index (χ0n) is 27.7. The van der Waals surface area contributed by atoms with E-state index in [1.807, 2.05) is 6.92 Å². The number of benzene rings is 1. The zero-order chi connectivity index (χ0) is 42.3. The number of carboxylic acid groups (broad SMARTS) is 2. The van der Waals surface area contributed by atoms with E-state index in [1.165, 1.54) is 33.4 Å². The van der Waals surface area contributed by atoms with Gasteiger partial charge in [0.15, 0.2) is 15.4 Å². The van der Waals surface area contributed by atoms with Gasteiger partial charge in [0.1, 0.15) is 0 Å². The van der Waals surface area contributed by atoms with Crippen molar-refractivity contribution in [1.29, 1.82) is 0 Å². The number of ether oxygens (including phenoxy) is 3. The number of hydrazine groups is 1. The van der Waals surface area contributed by atoms with Crippen molar-refractivity contribution < 1.29 is 74.8 Å². The van der Waals surface area contributed by atoms with Gasteiger partial charge in [-0.05, 0) is 19.1 Å². The van der Waals surface area contributed by atoms with Gasteiger partial charge in [0.05, 0.1) is 26.2 Å². The van der Waals surface area contributed by atoms with Crippen LogP contribution in [0.15, 0.2) is 34.2 Å². The summed E-state index contributed by atoms with van der Waals surface area (Å²) in [6, 6.07) is 6.43. The van der Waals surface area contributed by atoms with Crippen molar-refractivity contribution in [3.8, 4) is 0 Å². The number of nitrogens with one attached hydrogen (secondary N) is 1. The minimum absolute atomic E-state index is 0.0193. The Morgan fingerprint density at radius 2 is 1.04 bits per heavy atom. The van der Waals surface area contributed by atoms with Crippen LogP contribution in [0.2, 0.25) is 0 Å². The van der Waals surface area contributed by atoms with Crippen molar-refractivity contribution in [2.24, 2.45) is 10.8 Å². The van der Waals surface area contributed by atoms with Gasteiger partial charge in [-0.15, -0.1) is 0 Å². The number of halogens is 6. The Bertz CT molecular complexity index is 1460. The second-order valence-electron chi connectivity index (χ2n) is 7.46. The lowest BCUT2D eigenvalue weighted by molar-refractivity contribution is -0.150. The van der Waals surface area contributed by atoms with E-state index in [1.54, 1.807) is 17.0 Å². The fourth-order valence-corrected chi connectivity index (χ4v) is 2.68. The highest BCUT2D eigenvalue weighted by Crippen LogP contribution is 2.08.